The van der Waals surface area contributed by atoms with Crippen LogP contribution in [0.2, 0.25) is 10.0 Å². The van der Waals surface area contributed by atoms with E-state index in [9.17, 15) is 14.7 Å². The Bertz CT molecular complexity index is 1150. The molecule has 2 aromatic carbocycles. The Morgan fingerprint density at radius 1 is 1.03 bits per heavy atom. The Morgan fingerprint density at radius 2 is 1.69 bits per heavy atom. The number of thioether (sulfide) groups is 1. The van der Waals surface area contributed by atoms with Crippen LogP contribution in [0.5, 0.6) is 0 Å². The highest BCUT2D eigenvalue weighted by Crippen LogP contribution is 2.43. The van der Waals surface area contributed by atoms with Gasteiger partial charge in [-0.15, -0.1) is 11.8 Å². The van der Waals surface area contributed by atoms with Gasteiger partial charge in [-0.25, -0.2) is 9.59 Å². The maximum Gasteiger partial charge on any atom is 0.337 e. The maximum atomic E-state index is 13.5. The standard InChI is InChI=1S/C26H27Cl2NO5S/c1-4-33-25(31)21-15(2)29-16(3)22(23(21)19-11-8-12-20(27)24(19)28)26(32)34-17(13-30)14-35-18-9-6-5-7-10-18/h5-12,17,23,29-30H,4,13-14H2,1-3H3/t17-,23+/m0/s1. The Labute approximate surface area is 219 Å². The molecule has 0 aromatic heterocycles. The molecule has 3 rings (SSSR count). The van der Waals surface area contributed by atoms with E-state index in [4.69, 9.17) is 32.7 Å². The van der Waals surface area contributed by atoms with Crippen LogP contribution in [0.3, 0.4) is 0 Å². The molecule has 1 heterocycles. The molecule has 2 atom stereocenters. The molecule has 186 valence electrons. The quantitative estimate of drug-likeness (QED) is 0.324. The average molecular weight is 536 g/mol. The zero-order valence-corrected chi connectivity index (χ0v) is 22.0. The van der Waals surface area contributed by atoms with E-state index in [1.165, 1.54) is 11.8 Å². The predicted molar refractivity (Wildman–Crippen MR) is 139 cm³/mol. The summed E-state index contributed by atoms with van der Waals surface area (Å²) in [7, 11) is 0. The van der Waals surface area contributed by atoms with Crippen LogP contribution < -0.4 is 5.32 Å². The van der Waals surface area contributed by atoms with E-state index in [0.717, 1.165) is 4.90 Å². The summed E-state index contributed by atoms with van der Waals surface area (Å²) in [5.41, 5.74) is 1.97. The van der Waals surface area contributed by atoms with Gasteiger partial charge in [0.2, 0.25) is 0 Å². The Balaban J connectivity index is 1.96. The second-order valence-electron chi connectivity index (χ2n) is 7.83. The molecule has 9 heteroatoms. The minimum atomic E-state index is -0.866. The molecule has 1 aliphatic heterocycles. The molecular weight excluding hydrogens is 509 g/mol. The molecule has 2 N–H and O–H groups in total. The Kier molecular flexibility index (Phi) is 9.69. The van der Waals surface area contributed by atoms with Gasteiger partial charge in [-0.3, -0.25) is 0 Å². The molecule has 0 bridgehead atoms. The second-order valence-corrected chi connectivity index (χ2v) is 9.71. The van der Waals surface area contributed by atoms with Crippen molar-refractivity contribution in [3.63, 3.8) is 0 Å². The van der Waals surface area contributed by atoms with Crippen LogP contribution in [-0.2, 0) is 19.1 Å². The van der Waals surface area contributed by atoms with Crippen LogP contribution in [0.15, 0.2) is 76.0 Å². The van der Waals surface area contributed by atoms with E-state index in [2.05, 4.69) is 5.32 Å². The summed E-state index contributed by atoms with van der Waals surface area (Å²) >= 11 is 14.3. The van der Waals surface area contributed by atoms with Crippen molar-refractivity contribution >= 4 is 46.9 Å². The molecule has 0 spiro atoms. The van der Waals surface area contributed by atoms with Gasteiger partial charge in [-0.1, -0.05) is 53.5 Å². The van der Waals surface area contributed by atoms with E-state index >= 15 is 0 Å². The molecule has 1 aliphatic rings. The number of dihydropyridines is 1. The van der Waals surface area contributed by atoms with Gasteiger partial charge in [-0.05, 0) is 44.5 Å². The molecule has 35 heavy (non-hydrogen) atoms. The van der Waals surface area contributed by atoms with Gasteiger partial charge in [0.05, 0.1) is 40.3 Å². The third-order valence-electron chi connectivity index (χ3n) is 5.42. The van der Waals surface area contributed by atoms with Gasteiger partial charge < -0.3 is 19.9 Å². The van der Waals surface area contributed by atoms with E-state index in [0.29, 0.717) is 27.7 Å². The third-order valence-corrected chi connectivity index (χ3v) is 7.40. The number of ether oxygens (including phenoxy) is 2. The van der Waals surface area contributed by atoms with Crippen molar-refractivity contribution in [2.45, 2.75) is 37.7 Å². The summed E-state index contributed by atoms with van der Waals surface area (Å²) in [4.78, 5) is 27.5. The van der Waals surface area contributed by atoms with Crippen LogP contribution in [0.1, 0.15) is 32.3 Å². The van der Waals surface area contributed by atoms with Crippen LogP contribution in [0.4, 0.5) is 0 Å². The van der Waals surface area contributed by atoms with Crippen LogP contribution in [-0.4, -0.2) is 42.1 Å². The highest BCUT2D eigenvalue weighted by molar-refractivity contribution is 7.99. The number of hydrogen-bond acceptors (Lipinski definition) is 7. The van der Waals surface area contributed by atoms with Crippen LogP contribution in [0.25, 0.3) is 0 Å². The number of carbonyl (C=O) groups excluding carboxylic acids is 2. The lowest BCUT2D eigenvalue weighted by molar-refractivity contribution is -0.145. The summed E-state index contributed by atoms with van der Waals surface area (Å²) in [6.45, 7) is 4.97. The number of aliphatic hydroxyl groups is 1. The van der Waals surface area contributed by atoms with Gasteiger partial charge in [-0.2, -0.15) is 0 Å². The molecule has 2 aromatic rings. The number of hydrogen-bond donors (Lipinski definition) is 2. The molecule has 0 unspecified atom stereocenters. The number of halogens is 2. The van der Waals surface area contributed by atoms with Gasteiger partial charge >= 0.3 is 11.9 Å². The molecule has 0 radical (unpaired) electrons. The number of carbonyl (C=O) groups is 2. The first-order valence-electron chi connectivity index (χ1n) is 11.1. The number of esters is 2. The molecule has 0 saturated heterocycles. The molecule has 0 saturated carbocycles. The van der Waals surface area contributed by atoms with E-state index in [-0.39, 0.29) is 29.4 Å². The van der Waals surface area contributed by atoms with Crippen molar-refractivity contribution in [1.29, 1.82) is 0 Å². The highest BCUT2D eigenvalue weighted by Gasteiger charge is 2.39. The van der Waals surface area contributed by atoms with Crippen molar-refractivity contribution in [3.05, 3.63) is 86.7 Å². The van der Waals surface area contributed by atoms with E-state index < -0.39 is 24.0 Å². The number of aliphatic hydroxyl groups excluding tert-OH is 1. The van der Waals surface area contributed by atoms with Crippen molar-refractivity contribution in [2.24, 2.45) is 0 Å². The second kappa shape index (κ2) is 12.5. The van der Waals surface area contributed by atoms with Gasteiger partial charge in [0.25, 0.3) is 0 Å². The summed E-state index contributed by atoms with van der Waals surface area (Å²) in [5, 5.41) is 13.5. The summed E-state index contributed by atoms with van der Waals surface area (Å²) in [6.07, 6.45) is -0.762. The fourth-order valence-electron chi connectivity index (χ4n) is 3.84. The van der Waals surface area contributed by atoms with E-state index in [1.807, 2.05) is 30.3 Å². The normalized spacial score (nSPS) is 16.6. The van der Waals surface area contributed by atoms with Crippen molar-refractivity contribution in [3.8, 4) is 0 Å². The lowest BCUT2D eigenvalue weighted by Gasteiger charge is -2.31. The highest BCUT2D eigenvalue weighted by atomic mass is 35.5. The van der Waals surface area contributed by atoms with Crippen LogP contribution >= 0.6 is 35.0 Å². The number of rotatable bonds is 9. The van der Waals surface area contributed by atoms with Gasteiger partial charge in [0.15, 0.2) is 0 Å². The molecule has 0 amide bonds. The SMILES string of the molecule is CCOC(=O)C1=C(C)NC(C)=C(C(=O)O[C@@H](CO)CSc2ccccc2)[C@@H]1c1cccc(Cl)c1Cl. The summed E-state index contributed by atoms with van der Waals surface area (Å²) in [5.74, 6) is -1.75. The lowest BCUT2D eigenvalue weighted by atomic mass is 9.80. The summed E-state index contributed by atoms with van der Waals surface area (Å²) in [6, 6.07) is 14.7. The minimum absolute atomic E-state index is 0.164. The first-order chi connectivity index (χ1) is 16.8. The number of benzene rings is 2. The molecular formula is C26H27Cl2NO5S. The number of allylic oxidation sites excluding steroid dienone is 2. The smallest absolute Gasteiger partial charge is 0.337 e. The molecule has 6 nitrogen and oxygen atoms in total. The predicted octanol–water partition coefficient (Wildman–Crippen LogP) is 5.49. The first kappa shape index (κ1) is 27.1. The Hall–Kier alpha value is -2.45. The largest absolute Gasteiger partial charge is 0.463 e. The van der Waals surface area contributed by atoms with Crippen LogP contribution in [0, 0.1) is 0 Å². The average Bonchev–Trinajstić information content (AvgIpc) is 2.83. The van der Waals surface area contributed by atoms with E-state index in [1.54, 1.807) is 39.0 Å². The first-order valence-corrected chi connectivity index (χ1v) is 12.8. The monoisotopic (exact) mass is 535 g/mol. The molecule has 0 aliphatic carbocycles. The van der Waals surface area contributed by atoms with Gasteiger partial charge in [0, 0.05) is 22.0 Å². The molecule has 0 fully saturated rings. The number of nitrogens with one attached hydrogen (secondary N) is 1. The minimum Gasteiger partial charge on any atom is -0.463 e. The zero-order chi connectivity index (χ0) is 25.5. The third kappa shape index (κ3) is 6.41. The lowest BCUT2D eigenvalue weighted by Crippen LogP contribution is -2.34. The fourth-order valence-corrected chi connectivity index (χ4v) is 5.16. The zero-order valence-electron chi connectivity index (χ0n) is 19.6. The topological polar surface area (TPSA) is 84.9 Å². The summed E-state index contributed by atoms with van der Waals surface area (Å²) < 4.78 is 11.0. The fraction of sp³-hybridized carbons (Fsp3) is 0.308. The van der Waals surface area contributed by atoms with Crippen molar-refractivity contribution < 1.29 is 24.2 Å². The Morgan fingerprint density at radius 3 is 2.31 bits per heavy atom. The van der Waals surface area contributed by atoms with Gasteiger partial charge in [0.1, 0.15) is 6.10 Å². The van der Waals surface area contributed by atoms with Crippen molar-refractivity contribution in [2.75, 3.05) is 19.0 Å². The maximum absolute atomic E-state index is 13.5. The van der Waals surface area contributed by atoms with Crippen molar-refractivity contribution in [1.82, 2.24) is 5.32 Å².